The molecule has 36 heavy (non-hydrogen) atoms. The Hall–Kier alpha value is -3.65. The van der Waals surface area contributed by atoms with E-state index in [1.165, 1.54) is 17.0 Å². The molecule has 1 aliphatic heterocycles. The molecule has 1 N–H and O–H groups in total. The molecule has 188 valence electrons. The average Bonchev–Trinajstić information content (AvgIpc) is 3.55. The maximum absolute atomic E-state index is 11.6. The third kappa shape index (κ3) is 5.60. The fraction of sp³-hybridized carbons (Fsp3) is 0.321. The lowest BCUT2D eigenvalue weighted by molar-refractivity contribution is -0.119. The SMILES string of the molecule is CC(=O)c1ccc(-c2nc(C3CCCN(C=O)C3)n3ccccc23)s1.CNc1ccc(N(C)C)cc1. The third-order valence-corrected chi connectivity index (χ3v) is 7.59. The summed E-state index contributed by atoms with van der Waals surface area (Å²) in [5.74, 6) is 1.30. The Kier molecular flexibility index (Phi) is 8.05. The molecule has 1 aromatic carbocycles. The minimum absolute atomic E-state index is 0.0777. The number of anilines is 2. The van der Waals surface area contributed by atoms with Gasteiger partial charge in [0.25, 0.3) is 0 Å². The highest BCUT2D eigenvalue weighted by Crippen LogP contribution is 2.35. The summed E-state index contributed by atoms with van der Waals surface area (Å²) in [6, 6.07) is 18.2. The Morgan fingerprint density at radius 3 is 2.56 bits per heavy atom. The molecule has 0 spiro atoms. The van der Waals surface area contributed by atoms with Crippen LogP contribution in [0.15, 0.2) is 60.8 Å². The van der Waals surface area contributed by atoms with Gasteiger partial charge in [0.1, 0.15) is 11.5 Å². The molecular formula is C28H33N5O2S. The fourth-order valence-electron chi connectivity index (χ4n) is 4.42. The molecule has 1 fully saturated rings. The summed E-state index contributed by atoms with van der Waals surface area (Å²) in [4.78, 5) is 33.4. The lowest BCUT2D eigenvalue weighted by atomic mass is 9.98. The molecule has 1 unspecified atom stereocenters. The Balaban J connectivity index is 0.000000233. The van der Waals surface area contributed by atoms with Gasteiger partial charge in [-0.2, -0.15) is 0 Å². The van der Waals surface area contributed by atoms with Crippen LogP contribution in [0.25, 0.3) is 16.1 Å². The number of rotatable bonds is 6. The maximum Gasteiger partial charge on any atom is 0.209 e. The van der Waals surface area contributed by atoms with Crippen molar-refractivity contribution >= 4 is 40.4 Å². The topological polar surface area (TPSA) is 70.0 Å². The van der Waals surface area contributed by atoms with Crippen molar-refractivity contribution < 1.29 is 9.59 Å². The number of hydrogen-bond donors (Lipinski definition) is 1. The zero-order chi connectivity index (χ0) is 25.7. The van der Waals surface area contributed by atoms with Gasteiger partial charge in [-0.05, 0) is 68.3 Å². The van der Waals surface area contributed by atoms with Crippen LogP contribution in [0.3, 0.4) is 0 Å². The van der Waals surface area contributed by atoms with E-state index in [2.05, 4.69) is 44.9 Å². The monoisotopic (exact) mass is 503 g/mol. The first kappa shape index (κ1) is 25.4. The van der Waals surface area contributed by atoms with Crippen LogP contribution >= 0.6 is 11.3 Å². The number of ketones is 1. The highest BCUT2D eigenvalue weighted by Gasteiger charge is 2.26. The number of carbonyl (C=O) groups excluding carboxylic acids is 2. The minimum atomic E-state index is 0.0777. The second kappa shape index (κ2) is 11.4. The molecule has 0 aliphatic carbocycles. The summed E-state index contributed by atoms with van der Waals surface area (Å²) in [6.07, 6.45) is 4.98. The number of likely N-dealkylation sites (tertiary alicyclic amines) is 1. The molecule has 1 amide bonds. The van der Waals surface area contributed by atoms with E-state index < -0.39 is 0 Å². The van der Waals surface area contributed by atoms with Crippen LogP contribution in [0.1, 0.15) is 41.2 Å². The number of benzene rings is 1. The lowest BCUT2D eigenvalue weighted by Crippen LogP contribution is -2.33. The zero-order valence-electron chi connectivity index (χ0n) is 21.3. The van der Waals surface area contributed by atoms with E-state index in [1.807, 2.05) is 56.5 Å². The zero-order valence-corrected chi connectivity index (χ0v) is 22.1. The number of pyridine rings is 1. The van der Waals surface area contributed by atoms with Crippen LogP contribution in [0, 0.1) is 0 Å². The average molecular weight is 504 g/mol. The summed E-state index contributed by atoms with van der Waals surface area (Å²) in [7, 11) is 5.99. The summed E-state index contributed by atoms with van der Waals surface area (Å²) in [5, 5.41) is 3.07. The second-order valence-corrected chi connectivity index (χ2v) is 10.2. The molecule has 3 aromatic heterocycles. The van der Waals surface area contributed by atoms with Gasteiger partial charge in [-0.25, -0.2) is 4.98 Å². The van der Waals surface area contributed by atoms with Gasteiger partial charge >= 0.3 is 0 Å². The summed E-state index contributed by atoms with van der Waals surface area (Å²) < 4.78 is 2.13. The quantitative estimate of drug-likeness (QED) is 0.282. The van der Waals surface area contributed by atoms with E-state index in [4.69, 9.17) is 4.98 Å². The van der Waals surface area contributed by atoms with E-state index in [9.17, 15) is 9.59 Å². The van der Waals surface area contributed by atoms with Crippen LogP contribution in [-0.4, -0.2) is 60.7 Å². The number of imidazole rings is 1. The number of nitrogens with zero attached hydrogens (tertiary/aromatic N) is 4. The Labute approximate surface area is 216 Å². The van der Waals surface area contributed by atoms with E-state index >= 15 is 0 Å². The number of nitrogens with one attached hydrogen (secondary N) is 1. The van der Waals surface area contributed by atoms with Gasteiger partial charge in [0, 0.05) is 57.7 Å². The van der Waals surface area contributed by atoms with Crippen LogP contribution < -0.4 is 10.2 Å². The molecule has 5 rings (SSSR count). The van der Waals surface area contributed by atoms with Gasteiger partial charge in [-0.3, -0.25) is 9.59 Å². The number of aromatic nitrogens is 2. The Morgan fingerprint density at radius 1 is 1.14 bits per heavy atom. The third-order valence-electron chi connectivity index (χ3n) is 6.40. The Morgan fingerprint density at radius 2 is 1.92 bits per heavy atom. The standard InChI is InChI=1S/C19H19N3O2S.C9H14N2/c1-13(24)16-7-8-17(25-16)18-15-6-2-3-10-22(15)19(20-18)14-5-4-9-21(11-14)12-23;1-10-8-4-6-9(7-5-8)11(2)3/h2-3,6-8,10,12,14H,4-5,9,11H2,1H3;4-7,10H,1-3H3. The normalized spacial score (nSPS) is 15.2. The van der Waals surface area contributed by atoms with Gasteiger partial charge in [-0.1, -0.05) is 6.07 Å². The van der Waals surface area contributed by atoms with Crippen LogP contribution in [0.2, 0.25) is 0 Å². The van der Waals surface area contributed by atoms with E-state index in [-0.39, 0.29) is 11.7 Å². The van der Waals surface area contributed by atoms with Crippen LogP contribution in [0.4, 0.5) is 11.4 Å². The van der Waals surface area contributed by atoms with Gasteiger partial charge < -0.3 is 19.5 Å². The van der Waals surface area contributed by atoms with E-state index in [1.54, 1.807) is 6.92 Å². The molecular weight excluding hydrogens is 470 g/mol. The van der Waals surface area contributed by atoms with Gasteiger partial charge in [-0.15, -0.1) is 11.3 Å². The first-order valence-electron chi connectivity index (χ1n) is 12.1. The van der Waals surface area contributed by atoms with Crippen molar-refractivity contribution in [3.63, 3.8) is 0 Å². The van der Waals surface area contributed by atoms with Gasteiger partial charge in [0.05, 0.1) is 15.3 Å². The van der Waals surface area contributed by atoms with Crippen LogP contribution in [-0.2, 0) is 4.79 Å². The first-order valence-corrected chi connectivity index (χ1v) is 13.0. The number of amides is 1. The van der Waals surface area contributed by atoms with Gasteiger partial charge in [0.15, 0.2) is 5.78 Å². The largest absolute Gasteiger partial charge is 0.388 e. The van der Waals surface area contributed by atoms with Crippen molar-refractivity contribution in [3.8, 4) is 10.6 Å². The highest BCUT2D eigenvalue weighted by molar-refractivity contribution is 7.17. The van der Waals surface area contributed by atoms with Crippen molar-refractivity contribution in [2.75, 3.05) is 44.4 Å². The predicted octanol–water partition coefficient (Wildman–Crippen LogP) is 5.40. The molecule has 4 aromatic rings. The smallest absolute Gasteiger partial charge is 0.209 e. The Bertz CT molecular complexity index is 1330. The molecule has 1 saturated heterocycles. The molecule has 4 heterocycles. The summed E-state index contributed by atoms with van der Waals surface area (Å²) >= 11 is 1.48. The molecule has 8 heteroatoms. The van der Waals surface area contributed by atoms with E-state index in [0.29, 0.717) is 6.54 Å². The van der Waals surface area contributed by atoms with Crippen molar-refractivity contribution in [3.05, 3.63) is 71.5 Å². The highest BCUT2D eigenvalue weighted by atomic mass is 32.1. The fourth-order valence-corrected chi connectivity index (χ4v) is 5.32. The number of Topliss-reactive ketones (excluding diaryl/α,β-unsaturated/α-hetero) is 1. The summed E-state index contributed by atoms with van der Waals surface area (Å²) in [5.41, 5.74) is 4.33. The summed E-state index contributed by atoms with van der Waals surface area (Å²) in [6.45, 7) is 3.12. The molecule has 0 saturated carbocycles. The van der Waals surface area contributed by atoms with Crippen molar-refractivity contribution in [2.45, 2.75) is 25.7 Å². The molecule has 1 atom stereocenters. The number of hydrogen-bond acceptors (Lipinski definition) is 6. The van der Waals surface area contributed by atoms with Crippen LogP contribution in [0.5, 0.6) is 0 Å². The van der Waals surface area contributed by atoms with Crippen molar-refractivity contribution in [1.29, 1.82) is 0 Å². The predicted molar refractivity (Wildman–Crippen MR) is 148 cm³/mol. The second-order valence-electron chi connectivity index (χ2n) is 9.13. The molecule has 7 nitrogen and oxygen atoms in total. The maximum atomic E-state index is 11.6. The molecule has 0 radical (unpaired) electrons. The number of fused-ring (bicyclic) bond motifs is 1. The number of thiophene rings is 1. The minimum Gasteiger partial charge on any atom is -0.388 e. The number of carbonyl (C=O) groups is 2. The first-order chi connectivity index (χ1) is 17.4. The number of piperidine rings is 1. The molecule has 0 bridgehead atoms. The van der Waals surface area contributed by atoms with E-state index in [0.717, 1.165) is 58.3 Å². The van der Waals surface area contributed by atoms with Crippen molar-refractivity contribution in [2.24, 2.45) is 0 Å². The molecule has 1 aliphatic rings. The van der Waals surface area contributed by atoms with Crippen molar-refractivity contribution in [1.82, 2.24) is 14.3 Å². The van der Waals surface area contributed by atoms with Gasteiger partial charge in [0.2, 0.25) is 6.41 Å². The lowest BCUT2D eigenvalue weighted by Gasteiger charge is -2.29.